The molecule has 4 nitrogen and oxygen atoms in total. The molecule has 0 radical (unpaired) electrons. The van der Waals surface area contributed by atoms with Crippen molar-refractivity contribution in [2.45, 2.75) is 12.8 Å². The summed E-state index contributed by atoms with van der Waals surface area (Å²) in [6.07, 6.45) is 1.70. The number of rotatable bonds is 5. The van der Waals surface area contributed by atoms with E-state index in [0.29, 0.717) is 21.7 Å². The predicted octanol–water partition coefficient (Wildman–Crippen LogP) is 4.95. The van der Waals surface area contributed by atoms with Gasteiger partial charge in [0.15, 0.2) is 11.7 Å². The fourth-order valence-electron chi connectivity index (χ4n) is 2.24. The van der Waals surface area contributed by atoms with Gasteiger partial charge in [0.05, 0.1) is 17.4 Å². The van der Waals surface area contributed by atoms with Gasteiger partial charge in [-0.3, -0.25) is 4.79 Å². The topological polar surface area (TPSA) is 55.1 Å². The van der Waals surface area contributed by atoms with Gasteiger partial charge in [-0.05, 0) is 30.3 Å². The summed E-state index contributed by atoms with van der Waals surface area (Å²) < 4.78 is 33.5. The van der Waals surface area contributed by atoms with E-state index in [1.807, 2.05) is 0 Å². The third kappa shape index (κ3) is 4.30. The van der Waals surface area contributed by atoms with Gasteiger partial charge in [0.2, 0.25) is 5.91 Å². The fourth-order valence-corrected chi connectivity index (χ4v) is 2.57. The van der Waals surface area contributed by atoms with Crippen molar-refractivity contribution in [3.63, 3.8) is 0 Å². The smallest absolute Gasteiger partial charge is 0.224 e. The summed E-state index contributed by atoms with van der Waals surface area (Å²) in [6.45, 7) is 0. The van der Waals surface area contributed by atoms with Crippen LogP contribution >= 0.6 is 15.9 Å². The Bertz CT molecular complexity index is 912. The minimum absolute atomic E-state index is 0.0622. The van der Waals surface area contributed by atoms with Crippen LogP contribution in [-0.2, 0) is 11.2 Å². The molecule has 1 amide bonds. The van der Waals surface area contributed by atoms with E-state index >= 15 is 0 Å². The van der Waals surface area contributed by atoms with Crippen molar-refractivity contribution in [1.29, 1.82) is 0 Å². The molecule has 3 aromatic rings. The van der Waals surface area contributed by atoms with E-state index in [2.05, 4.69) is 26.2 Å². The van der Waals surface area contributed by atoms with Crippen molar-refractivity contribution in [3.8, 4) is 11.3 Å². The molecule has 0 aliphatic heterocycles. The van der Waals surface area contributed by atoms with E-state index in [9.17, 15) is 13.6 Å². The van der Waals surface area contributed by atoms with Gasteiger partial charge in [0.1, 0.15) is 11.6 Å². The molecule has 0 unspecified atom stereocenters. The largest absolute Gasteiger partial charge is 0.441 e. The highest BCUT2D eigenvalue weighted by atomic mass is 79.9. The Hall–Kier alpha value is -2.54. The first kappa shape index (κ1) is 17.3. The molecule has 2 aromatic carbocycles. The zero-order valence-electron chi connectivity index (χ0n) is 12.9. The maximum Gasteiger partial charge on any atom is 0.224 e. The van der Waals surface area contributed by atoms with Crippen molar-refractivity contribution < 1.29 is 18.0 Å². The third-order valence-corrected chi connectivity index (χ3v) is 3.96. The van der Waals surface area contributed by atoms with Gasteiger partial charge < -0.3 is 9.73 Å². The number of halogens is 3. The Morgan fingerprint density at radius 2 is 1.96 bits per heavy atom. The molecule has 7 heteroatoms. The second kappa shape index (κ2) is 7.57. The van der Waals surface area contributed by atoms with Gasteiger partial charge in [-0.1, -0.05) is 28.1 Å². The summed E-state index contributed by atoms with van der Waals surface area (Å²) in [5, 5.41) is 2.49. The van der Waals surface area contributed by atoms with Crippen LogP contribution < -0.4 is 5.32 Å². The zero-order valence-corrected chi connectivity index (χ0v) is 14.5. The summed E-state index contributed by atoms with van der Waals surface area (Å²) in [6, 6.07) is 10.6. The zero-order chi connectivity index (χ0) is 17.8. The van der Waals surface area contributed by atoms with Crippen LogP contribution in [-0.4, -0.2) is 10.9 Å². The van der Waals surface area contributed by atoms with E-state index < -0.39 is 11.6 Å². The van der Waals surface area contributed by atoms with E-state index in [1.54, 1.807) is 24.3 Å². The summed E-state index contributed by atoms with van der Waals surface area (Å²) >= 11 is 3.15. The van der Waals surface area contributed by atoms with Crippen molar-refractivity contribution >= 4 is 27.5 Å². The molecule has 0 fully saturated rings. The summed E-state index contributed by atoms with van der Waals surface area (Å²) in [4.78, 5) is 16.0. The van der Waals surface area contributed by atoms with Gasteiger partial charge in [0, 0.05) is 17.3 Å². The van der Waals surface area contributed by atoms with Crippen LogP contribution in [0.25, 0.3) is 11.3 Å². The second-order valence-electron chi connectivity index (χ2n) is 5.27. The number of carbonyl (C=O) groups is 1. The molecule has 0 aliphatic carbocycles. The van der Waals surface area contributed by atoms with Crippen LogP contribution in [0.1, 0.15) is 12.3 Å². The van der Waals surface area contributed by atoms with E-state index in [0.717, 1.165) is 0 Å². The molecule has 1 aromatic heterocycles. The van der Waals surface area contributed by atoms with Crippen molar-refractivity contribution in [1.82, 2.24) is 4.98 Å². The summed E-state index contributed by atoms with van der Waals surface area (Å²) in [5.74, 6) is -0.696. The molecule has 1 heterocycles. The van der Waals surface area contributed by atoms with Crippen LogP contribution in [0.15, 0.2) is 57.6 Å². The number of oxazole rings is 1. The second-order valence-corrected chi connectivity index (χ2v) is 6.19. The number of aromatic nitrogens is 1. The van der Waals surface area contributed by atoms with Crippen LogP contribution in [0, 0.1) is 11.6 Å². The Kier molecular flexibility index (Phi) is 5.23. The monoisotopic (exact) mass is 406 g/mol. The van der Waals surface area contributed by atoms with Gasteiger partial charge in [-0.15, -0.1) is 0 Å². The Morgan fingerprint density at radius 3 is 2.72 bits per heavy atom. The van der Waals surface area contributed by atoms with Crippen LogP contribution in [0.5, 0.6) is 0 Å². The molecule has 0 saturated carbocycles. The molecule has 25 heavy (non-hydrogen) atoms. The number of hydrogen-bond acceptors (Lipinski definition) is 3. The highest BCUT2D eigenvalue weighted by molar-refractivity contribution is 9.10. The van der Waals surface area contributed by atoms with Gasteiger partial charge in [-0.2, -0.15) is 0 Å². The number of nitrogens with zero attached hydrogens (tertiary/aromatic N) is 1. The minimum atomic E-state index is -0.527. The predicted molar refractivity (Wildman–Crippen MR) is 92.9 cm³/mol. The molecule has 1 N–H and O–H groups in total. The third-order valence-electron chi connectivity index (χ3n) is 3.46. The van der Waals surface area contributed by atoms with Crippen LogP contribution in [0.4, 0.5) is 14.5 Å². The minimum Gasteiger partial charge on any atom is -0.441 e. The standard InChI is InChI=1S/C18H13BrF2N2O2/c19-11-5-6-15(14(21)9-11)23-17(24)7-8-18-22-10-16(25-18)12-3-1-2-4-13(12)20/h1-6,9-10H,7-8H2,(H,23,24). The number of nitrogens with one attached hydrogen (secondary N) is 1. The Morgan fingerprint density at radius 1 is 1.16 bits per heavy atom. The number of aryl methyl sites for hydroxylation is 1. The average Bonchev–Trinajstić information content (AvgIpc) is 3.05. The number of hydrogen-bond donors (Lipinski definition) is 1. The Labute approximate surface area is 151 Å². The SMILES string of the molecule is O=C(CCc1ncc(-c2ccccc2F)o1)Nc1ccc(Br)cc1F. The molecule has 0 spiro atoms. The van der Waals surface area contributed by atoms with E-state index in [4.69, 9.17) is 4.42 Å². The van der Waals surface area contributed by atoms with Crippen molar-refractivity contribution in [2.24, 2.45) is 0 Å². The molecule has 0 saturated heterocycles. The van der Waals surface area contributed by atoms with E-state index in [-0.39, 0.29) is 24.4 Å². The fraction of sp³-hybridized carbons (Fsp3) is 0.111. The lowest BCUT2D eigenvalue weighted by Crippen LogP contribution is -2.13. The molecular weight excluding hydrogens is 394 g/mol. The van der Waals surface area contributed by atoms with Gasteiger partial charge >= 0.3 is 0 Å². The van der Waals surface area contributed by atoms with Crippen LogP contribution in [0.3, 0.4) is 0 Å². The lowest BCUT2D eigenvalue weighted by molar-refractivity contribution is -0.116. The lowest BCUT2D eigenvalue weighted by atomic mass is 10.2. The Balaban J connectivity index is 1.60. The average molecular weight is 407 g/mol. The first-order chi connectivity index (χ1) is 12.0. The molecule has 0 bridgehead atoms. The summed E-state index contributed by atoms with van der Waals surface area (Å²) in [5.41, 5.74) is 0.412. The summed E-state index contributed by atoms with van der Waals surface area (Å²) in [7, 11) is 0. The molecule has 128 valence electrons. The molecule has 0 atom stereocenters. The van der Waals surface area contributed by atoms with E-state index in [1.165, 1.54) is 24.4 Å². The molecular formula is C18H13BrF2N2O2. The van der Waals surface area contributed by atoms with Gasteiger partial charge in [0.25, 0.3) is 0 Å². The maximum atomic E-state index is 13.7. The molecule has 0 aliphatic rings. The first-order valence-electron chi connectivity index (χ1n) is 7.47. The number of amides is 1. The highest BCUT2D eigenvalue weighted by Gasteiger charge is 2.13. The highest BCUT2D eigenvalue weighted by Crippen LogP contribution is 2.24. The normalized spacial score (nSPS) is 10.7. The quantitative estimate of drug-likeness (QED) is 0.651. The molecule has 3 rings (SSSR count). The maximum absolute atomic E-state index is 13.7. The number of carbonyl (C=O) groups excluding carboxylic acids is 1. The first-order valence-corrected chi connectivity index (χ1v) is 8.27. The van der Waals surface area contributed by atoms with Crippen molar-refractivity contribution in [3.05, 3.63) is 70.7 Å². The lowest BCUT2D eigenvalue weighted by Gasteiger charge is -2.05. The van der Waals surface area contributed by atoms with Crippen molar-refractivity contribution in [2.75, 3.05) is 5.32 Å². The number of anilines is 1. The van der Waals surface area contributed by atoms with Crippen LogP contribution in [0.2, 0.25) is 0 Å². The number of benzene rings is 2. The van der Waals surface area contributed by atoms with Gasteiger partial charge in [-0.25, -0.2) is 13.8 Å².